The van der Waals surface area contributed by atoms with Gasteiger partial charge in [-0.25, -0.2) is 4.68 Å². The summed E-state index contributed by atoms with van der Waals surface area (Å²) in [5.41, 5.74) is 1.40. The van der Waals surface area contributed by atoms with Crippen molar-refractivity contribution in [2.45, 2.75) is 13.8 Å². The van der Waals surface area contributed by atoms with Gasteiger partial charge in [-0.15, -0.1) is 0 Å². The molecule has 0 saturated heterocycles. The van der Waals surface area contributed by atoms with Crippen LogP contribution in [0, 0.1) is 6.92 Å². The van der Waals surface area contributed by atoms with E-state index in [0.717, 1.165) is 0 Å². The number of rotatable bonds is 6. The van der Waals surface area contributed by atoms with Gasteiger partial charge in [-0.3, -0.25) is 19.1 Å². The number of ether oxygens (including phenoxy) is 1. The predicted molar refractivity (Wildman–Crippen MR) is 111 cm³/mol. The molecule has 0 unspecified atom stereocenters. The summed E-state index contributed by atoms with van der Waals surface area (Å²) < 4.78 is 8.62. The van der Waals surface area contributed by atoms with Crippen molar-refractivity contribution in [1.29, 1.82) is 0 Å². The molecule has 0 radical (unpaired) electrons. The lowest BCUT2D eigenvalue weighted by molar-refractivity contribution is -0.118. The molecule has 2 aromatic carbocycles. The first-order valence-corrected chi connectivity index (χ1v) is 9.24. The van der Waals surface area contributed by atoms with Gasteiger partial charge in [-0.05, 0) is 44.2 Å². The smallest absolute Gasteiger partial charge is 0.295 e. The summed E-state index contributed by atoms with van der Waals surface area (Å²) in [6.45, 7) is 2.77. The fourth-order valence-electron chi connectivity index (χ4n) is 2.93. The van der Waals surface area contributed by atoms with Crippen LogP contribution in [-0.2, 0) is 11.8 Å². The van der Waals surface area contributed by atoms with Crippen molar-refractivity contribution in [2.24, 2.45) is 7.05 Å². The molecule has 0 aliphatic rings. The summed E-state index contributed by atoms with van der Waals surface area (Å²) in [7, 11) is 1.74. The first kappa shape index (κ1) is 20.4. The lowest BCUT2D eigenvalue weighted by Crippen LogP contribution is -2.26. The predicted octanol–water partition coefficient (Wildman–Crippen LogP) is 3.36. The Labute approximate surface area is 172 Å². The Morgan fingerprint density at radius 3 is 2.48 bits per heavy atom. The number of benzene rings is 2. The molecule has 1 amide bonds. The summed E-state index contributed by atoms with van der Waals surface area (Å²) in [6.07, 6.45) is 0. The van der Waals surface area contributed by atoms with Crippen LogP contribution in [0.15, 0.2) is 53.3 Å². The summed E-state index contributed by atoms with van der Waals surface area (Å²) in [5.74, 6) is -0.489. The Bertz CT molecular complexity index is 1130. The molecule has 1 heterocycles. The van der Waals surface area contributed by atoms with Crippen molar-refractivity contribution in [3.8, 4) is 11.4 Å². The molecule has 0 atom stereocenters. The average Bonchev–Trinajstić information content (AvgIpc) is 2.90. The van der Waals surface area contributed by atoms with Gasteiger partial charge in [0.2, 0.25) is 0 Å². The molecule has 0 aliphatic carbocycles. The first-order chi connectivity index (χ1) is 13.8. The highest BCUT2D eigenvalue weighted by atomic mass is 35.5. The van der Waals surface area contributed by atoms with E-state index in [-0.39, 0.29) is 34.9 Å². The van der Waals surface area contributed by atoms with Gasteiger partial charge >= 0.3 is 0 Å². The number of halogens is 1. The zero-order valence-corrected chi connectivity index (χ0v) is 17.0. The van der Waals surface area contributed by atoms with Crippen LogP contribution in [0.4, 0.5) is 5.69 Å². The van der Waals surface area contributed by atoms with Crippen molar-refractivity contribution in [1.82, 2.24) is 9.36 Å². The Kier molecular flexibility index (Phi) is 5.89. The van der Waals surface area contributed by atoms with E-state index in [1.807, 2.05) is 18.2 Å². The van der Waals surface area contributed by atoms with E-state index in [1.54, 1.807) is 36.9 Å². The Morgan fingerprint density at radius 1 is 1.14 bits per heavy atom. The number of nitrogens with one attached hydrogen (secondary N) is 1. The van der Waals surface area contributed by atoms with E-state index in [1.165, 1.54) is 23.7 Å². The zero-order chi connectivity index (χ0) is 21.1. The molecule has 3 aromatic rings. The average molecular weight is 414 g/mol. The summed E-state index contributed by atoms with van der Waals surface area (Å²) in [4.78, 5) is 37.0. The van der Waals surface area contributed by atoms with E-state index in [0.29, 0.717) is 16.4 Å². The number of hydrogen-bond acceptors (Lipinski definition) is 4. The van der Waals surface area contributed by atoms with Gasteiger partial charge in [0.15, 0.2) is 12.4 Å². The maximum atomic E-state index is 12.8. The molecule has 0 saturated carbocycles. The third-order valence-corrected chi connectivity index (χ3v) is 4.73. The standard InChI is InChI=1S/C21H20ClN3O4/c1-13-20(21(28)25(24(13)3)16-7-5-4-6-8-16)23-19(27)12-29-18-10-9-15(22)11-17(18)14(2)26/h4-11H,12H2,1-3H3,(H,23,27). The largest absolute Gasteiger partial charge is 0.483 e. The minimum Gasteiger partial charge on any atom is -0.483 e. The molecule has 1 aromatic heterocycles. The number of nitrogens with zero attached hydrogens (tertiary/aromatic N) is 2. The normalized spacial score (nSPS) is 10.6. The molecule has 29 heavy (non-hydrogen) atoms. The number of hydrogen-bond donors (Lipinski definition) is 1. The van der Waals surface area contributed by atoms with Gasteiger partial charge in [0.25, 0.3) is 11.5 Å². The summed E-state index contributed by atoms with van der Waals surface area (Å²) in [5, 5.41) is 3.01. The molecule has 7 nitrogen and oxygen atoms in total. The lowest BCUT2D eigenvalue weighted by Gasteiger charge is -2.10. The van der Waals surface area contributed by atoms with Crippen LogP contribution in [0.5, 0.6) is 5.75 Å². The van der Waals surface area contributed by atoms with E-state index >= 15 is 0 Å². The maximum Gasteiger partial charge on any atom is 0.295 e. The van der Waals surface area contributed by atoms with E-state index in [9.17, 15) is 14.4 Å². The van der Waals surface area contributed by atoms with Crippen molar-refractivity contribution in [3.05, 3.63) is 75.2 Å². The molecule has 0 fully saturated rings. The zero-order valence-electron chi connectivity index (χ0n) is 16.2. The topological polar surface area (TPSA) is 82.3 Å². The Morgan fingerprint density at radius 2 is 1.83 bits per heavy atom. The van der Waals surface area contributed by atoms with Gasteiger partial charge < -0.3 is 10.1 Å². The van der Waals surface area contributed by atoms with Crippen molar-refractivity contribution < 1.29 is 14.3 Å². The number of amides is 1. The van der Waals surface area contributed by atoms with Crippen molar-refractivity contribution in [2.75, 3.05) is 11.9 Å². The number of ketones is 1. The molecule has 3 rings (SSSR count). The third-order valence-electron chi connectivity index (χ3n) is 4.50. The highest BCUT2D eigenvalue weighted by molar-refractivity contribution is 6.31. The van der Waals surface area contributed by atoms with Crippen molar-refractivity contribution >= 4 is 29.0 Å². The number of carbonyl (C=O) groups is 2. The second-order valence-electron chi connectivity index (χ2n) is 6.47. The van der Waals surface area contributed by atoms with E-state index < -0.39 is 5.91 Å². The van der Waals surface area contributed by atoms with Gasteiger partial charge in [-0.1, -0.05) is 29.8 Å². The van der Waals surface area contributed by atoms with Crippen LogP contribution in [0.1, 0.15) is 23.0 Å². The van der Waals surface area contributed by atoms with Crippen molar-refractivity contribution in [3.63, 3.8) is 0 Å². The van der Waals surface area contributed by atoms with E-state index in [4.69, 9.17) is 16.3 Å². The minimum atomic E-state index is -0.513. The number of aromatic nitrogens is 2. The number of anilines is 1. The molecule has 0 aliphatic heterocycles. The summed E-state index contributed by atoms with van der Waals surface area (Å²) in [6, 6.07) is 13.7. The number of Topliss-reactive ketones (excluding diaryl/α,β-unsaturated/α-hetero) is 1. The maximum absolute atomic E-state index is 12.8. The Balaban J connectivity index is 1.79. The summed E-state index contributed by atoms with van der Waals surface area (Å²) >= 11 is 5.91. The van der Waals surface area contributed by atoms with Gasteiger partial charge in [0, 0.05) is 12.1 Å². The van der Waals surface area contributed by atoms with Crippen LogP contribution in [0.3, 0.4) is 0 Å². The Hall–Kier alpha value is -3.32. The molecular weight excluding hydrogens is 394 g/mol. The number of para-hydroxylation sites is 1. The lowest BCUT2D eigenvalue weighted by atomic mass is 10.1. The molecule has 150 valence electrons. The van der Waals surface area contributed by atoms with Gasteiger partial charge in [-0.2, -0.15) is 0 Å². The van der Waals surface area contributed by atoms with Crippen LogP contribution in [0.25, 0.3) is 5.69 Å². The highest BCUT2D eigenvalue weighted by Crippen LogP contribution is 2.23. The van der Waals surface area contributed by atoms with Crippen LogP contribution >= 0.6 is 11.6 Å². The first-order valence-electron chi connectivity index (χ1n) is 8.86. The molecule has 1 N–H and O–H groups in total. The molecular formula is C21H20ClN3O4. The third kappa shape index (κ3) is 4.25. The fraction of sp³-hybridized carbons (Fsp3) is 0.190. The monoisotopic (exact) mass is 413 g/mol. The second-order valence-corrected chi connectivity index (χ2v) is 6.91. The van der Waals surface area contributed by atoms with E-state index in [2.05, 4.69) is 5.32 Å². The van der Waals surface area contributed by atoms with Crippen LogP contribution in [0.2, 0.25) is 5.02 Å². The fourth-order valence-corrected chi connectivity index (χ4v) is 3.11. The quantitative estimate of drug-likeness (QED) is 0.628. The SMILES string of the molecule is CC(=O)c1cc(Cl)ccc1OCC(=O)Nc1c(C)n(C)n(-c2ccccc2)c1=O. The van der Waals surface area contributed by atoms with Gasteiger partial charge in [0.1, 0.15) is 11.4 Å². The van der Waals surface area contributed by atoms with Crippen LogP contribution < -0.4 is 15.6 Å². The molecule has 0 spiro atoms. The molecule has 0 bridgehead atoms. The molecule has 8 heteroatoms. The number of carbonyl (C=O) groups excluding carboxylic acids is 2. The van der Waals surface area contributed by atoms with Crippen LogP contribution in [-0.4, -0.2) is 27.7 Å². The van der Waals surface area contributed by atoms with Gasteiger partial charge in [0.05, 0.1) is 16.9 Å². The highest BCUT2D eigenvalue weighted by Gasteiger charge is 2.19. The second kappa shape index (κ2) is 8.36. The minimum absolute atomic E-state index is 0.174.